The summed E-state index contributed by atoms with van der Waals surface area (Å²) in [5.74, 6) is 2.70. The van der Waals surface area contributed by atoms with Crippen molar-refractivity contribution in [3.8, 4) is 0 Å². The van der Waals surface area contributed by atoms with Gasteiger partial charge in [-0.25, -0.2) is 0 Å². The molecular weight excluding hydrogens is 156 g/mol. The van der Waals surface area contributed by atoms with Crippen LogP contribution in [0.2, 0.25) is 0 Å². The number of fused-ring (bicyclic) bond motifs is 1. The van der Waals surface area contributed by atoms with Crippen molar-refractivity contribution in [1.29, 1.82) is 0 Å². The Morgan fingerprint density at radius 2 is 1.77 bits per heavy atom. The Kier molecular flexibility index (Phi) is 2.57. The molecule has 2 rings (SSSR count). The Bertz CT molecular complexity index is 232. The van der Waals surface area contributed by atoms with E-state index in [9.17, 15) is 0 Å². The second-order valence-corrected chi connectivity index (χ2v) is 4.84. The summed E-state index contributed by atoms with van der Waals surface area (Å²) in [6.45, 7) is 4.65. The minimum atomic E-state index is 0.770. The van der Waals surface area contributed by atoms with E-state index in [-0.39, 0.29) is 0 Å². The quantitative estimate of drug-likeness (QED) is 0.531. The summed E-state index contributed by atoms with van der Waals surface area (Å²) >= 11 is 0. The maximum atomic E-state index is 2.50. The molecule has 72 valence electrons. The lowest BCUT2D eigenvalue weighted by Gasteiger charge is -2.33. The van der Waals surface area contributed by atoms with Crippen LogP contribution in [0.4, 0.5) is 0 Å². The van der Waals surface area contributed by atoms with E-state index >= 15 is 0 Å². The summed E-state index contributed by atoms with van der Waals surface area (Å²) in [6, 6.07) is 0. The van der Waals surface area contributed by atoms with E-state index in [1.54, 1.807) is 5.57 Å². The average molecular weight is 176 g/mol. The molecule has 0 saturated heterocycles. The summed E-state index contributed by atoms with van der Waals surface area (Å²) in [5.41, 5.74) is 1.71. The first-order valence-corrected chi connectivity index (χ1v) is 5.61. The van der Waals surface area contributed by atoms with Gasteiger partial charge in [-0.3, -0.25) is 0 Å². The largest absolute Gasteiger partial charge is 0.0882 e. The first kappa shape index (κ1) is 9.05. The van der Waals surface area contributed by atoms with Gasteiger partial charge in [-0.2, -0.15) is 0 Å². The minimum absolute atomic E-state index is 0.770. The van der Waals surface area contributed by atoms with Crippen LogP contribution in [0.1, 0.15) is 39.5 Å². The molecule has 13 heavy (non-hydrogen) atoms. The molecule has 0 N–H and O–H groups in total. The van der Waals surface area contributed by atoms with E-state index in [1.807, 2.05) is 0 Å². The molecule has 0 fully saturated rings. The smallest absolute Gasteiger partial charge is 0.0260 e. The van der Waals surface area contributed by atoms with Gasteiger partial charge in [-0.15, -0.1) is 0 Å². The van der Waals surface area contributed by atoms with Crippen molar-refractivity contribution in [3.63, 3.8) is 0 Å². The van der Waals surface area contributed by atoms with Crippen molar-refractivity contribution in [2.45, 2.75) is 39.5 Å². The third-order valence-electron chi connectivity index (χ3n) is 3.63. The van der Waals surface area contributed by atoms with E-state index in [2.05, 4.69) is 32.1 Å². The molecule has 0 aromatic carbocycles. The molecule has 2 aliphatic carbocycles. The summed E-state index contributed by atoms with van der Waals surface area (Å²) in [7, 11) is 0. The summed E-state index contributed by atoms with van der Waals surface area (Å²) < 4.78 is 0. The fourth-order valence-corrected chi connectivity index (χ4v) is 2.63. The normalized spacial score (nSPS) is 33.0. The van der Waals surface area contributed by atoms with Gasteiger partial charge in [-0.05, 0) is 43.4 Å². The third kappa shape index (κ3) is 1.87. The standard InChI is InChI=1S/C13H20/c1-10(2)12-8-7-11-5-3-4-6-13(11)9-12/h3-4,8,10-11,13H,5-7,9H2,1-2H3. The van der Waals surface area contributed by atoms with E-state index < -0.39 is 0 Å². The van der Waals surface area contributed by atoms with Gasteiger partial charge in [0.2, 0.25) is 0 Å². The average Bonchev–Trinajstić information content (AvgIpc) is 2.17. The second-order valence-electron chi connectivity index (χ2n) is 4.84. The zero-order valence-electron chi connectivity index (χ0n) is 8.79. The predicted octanol–water partition coefficient (Wildman–Crippen LogP) is 3.95. The molecule has 2 atom stereocenters. The topological polar surface area (TPSA) is 0 Å². The maximum Gasteiger partial charge on any atom is -0.0260 e. The van der Waals surface area contributed by atoms with E-state index in [0.29, 0.717) is 0 Å². The molecule has 2 aliphatic rings. The molecule has 0 aliphatic heterocycles. The molecule has 0 nitrogen and oxygen atoms in total. The molecule has 0 aromatic heterocycles. The number of hydrogen-bond acceptors (Lipinski definition) is 0. The molecule has 0 bridgehead atoms. The summed E-state index contributed by atoms with van der Waals surface area (Å²) in [6.07, 6.45) is 12.6. The van der Waals surface area contributed by atoms with Gasteiger partial charge >= 0.3 is 0 Å². The van der Waals surface area contributed by atoms with Crippen LogP contribution in [0.5, 0.6) is 0 Å². The Labute approximate surface area is 81.7 Å². The SMILES string of the molecule is CC(C)C1=CCC2CC=CCC2C1. The fourth-order valence-electron chi connectivity index (χ4n) is 2.63. The van der Waals surface area contributed by atoms with E-state index in [1.165, 1.54) is 25.7 Å². The predicted molar refractivity (Wildman–Crippen MR) is 57.5 cm³/mol. The third-order valence-corrected chi connectivity index (χ3v) is 3.63. The zero-order chi connectivity index (χ0) is 9.26. The molecule has 0 spiro atoms. The lowest BCUT2D eigenvalue weighted by Crippen LogP contribution is -2.21. The first-order valence-electron chi connectivity index (χ1n) is 5.61. The van der Waals surface area contributed by atoms with E-state index in [4.69, 9.17) is 0 Å². The molecule has 0 amide bonds. The number of hydrogen-bond donors (Lipinski definition) is 0. The van der Waals surface area contributed by atoms with E-state index in [0.717, 1.165) is 17.8 Å². The van der Waals surface area contributed by atoms with Crippen molar-refractivity contribution in [3.05, 3.63) is 23.8 Å². The highest BCUT2D eigenvalue weighted by molar-refractivity contribution is 5.13. The highest BCUT2D eigenvalue weighted by atomic mass is 14.3. The molecule has 0 saturated carbocycles. The van der Waals surface area contributed by atoms with Crippen molar-refractivity contribution in [2.75, 3.05) is 0 Å². The lowest BCUT2D eigenvalue weighted by molar-refractivity contribution is 0.298. The molecule has 0 aromatic rings. The van der Waals surface area contributed by atoms with Gasteiger partial charge in [-0.1, -0.05) is 37.6 Å². The van der Waals surface area contributed by atoms with Crippen LogP contribution in [0.25, 0.3) is 0 Å². The summed E-state index contributed by atoms with van der Waals surface area (Å²) in [5, 5.41) is 0. The molecule has 2 unspecified atom stereocenters. The van der Waals surface area contributed by atoms with Crippen LogP contribution in [-0.4, -0.2) is 0 Å². The van der Waals surface area contributed by atoms with Crippen LogP contribution in [0.3, 0.4) is 0 Å². The van der Waals surface area contributed by atoms with Gasteiger partial charge in [0.1, 0.15) is 0 Å². The molecular formula is C13H20. The van der Waals surface area contributed by atoms with Gasteiger partial charge < -0.3 is 0 Å². The van der Waals surface area contributed by atoms with Crippen molar-refractivity contribution in [1.82, 2.24) is 0 Å². The van der Waals surface area contributed by atoms with Crippen LogP contribution >= 0.6 is 0 Å². The Morgan fingerprint density at radius 1 is 1.08 bits per heavy atom. The van der Waals surface area contributed by atoms with Crippen molar-refractivity contribution in [2.24, 2.45) is 17.8 Å². The molecule has 0 heterocycles. The maximum absolute atomic E-state index is 2.50. The first-order chi connectivity index (χ1) is 6.27. The highest BCUT2D eigenvalue weighted by Gasteiger charge is 2.26. The van der Waals surface area contributed by atoms with Crippen LogP contribution < -0.4 is 0 Å². The van der Waals surface area contributed by atoms with Crippen LogP contribution in [0.15, 0.2) is 23.8 Å². The number of rotatable bonds is 1. The molecule has 0 radical (unpaired) electrons. The van der Waals surface area contributed by atoms with Crippen molar-refractivity contribution < 1.29 is 0 Å². The van der Waals surface area contributed by atoms with Gasteiger partial charge in [0.25, 0.3) is 0 Å². The summed E-state index contributed by atoms with van der Waals surface area (Å²) in [4.78, 5) is 0. The van der Waals surface area contributed by atoms with Crippen molar-refractivity contribution >= 4 is 0 Å². The van der Waals surface area contributed by atoms with Gasteiger partial charge in [0, 0.05) is 0 Å². The monoisotopic (exact) mass is 176 g/mol. The second kappa shape index (κ2) is 3.69. The van der Waals surface area contributed by atoms with Crippen LogP contribution in [0, 0.1) is 17.8 Å². The lowest BCUT2D eigenvalue weighted by atomic mass is 9.72. The highest BCUT2D eigenvalue weighted by Crippen LogP contribution is 2.39. The Balaban J connectivity index is 2.06. The minimum Gasteiger partial charge on any atom is -0.0882 e. The number of allylic oxidation sites excluding steroid dienone is 4. The van der Waals surface area contributed by atoms with Gasteiger partial charge in [0.05, 0.1) is 0 Å². The Morgan fingerprint density at radius 3 is 2.46 bits per heavy atom. The zero-order valence-corrected chi connectivity index (χ0v) is 8.79. The fraction of sp³-hybridized carbons (Fsp3) is 0.692. The molecule has 0 heteroatoms. The Hall–Kier alpha value is -0.520. The van der Waals surface area contributed by atoms with Gasteiger partial charge in [0.15, 0.2) is 0 Å². The van der Waals surface area contributed by atoms with Crippen LogP contribution in [-0.2, 0) is 0 Å².